The number of likely N-dealkylation sites (tertiary alicyclic amines) is 1. The number of rotatable bonds is 7. The van der Waals surface area contributed by atoms with Gasteiger partial charge < -0.3 is 20.4 Å². The Bertz CT molecular complexity index is 839. The van der Waals surface area contributed by atoms with Gasteiger partial charge in [-0.3, -0.25) is 0 Å². The van der Waals surface area contributed by atoms with E-state index < -0.39 is 11.6 Å². The lowest BCUT2D eigenvalue weighted by Gasteiger charge is -2.38. The van der Waals surface area contributed by atoms with E-state index in [2.05, 4.69) is 16.3 Å². The van der Waals surface area contributed by atoms with Gasteiger partial charge in [-0.15, -0.1) is 12.4 Å². The number of aromatic carboxylic acids is 1. The molecule has 1 aliphatic heterocycles. The molecule has 1 saturated heterocycles. The molecule has 29 heavy (non-hydrogen) atoms. The Morgan fingerprint density at radius 2 is 1.72 bits per heavy atom. The molecule has 1 aliphatic rings. The van der Waals surface area contributed by atoms with Gasteiger partial charge >= 0.3 is 5.97 Å². The molecule has 0 spiro atoms. The van der Waals surface area contributed by atoms with Crippen molar-refractivity contribution in [2.45, 2.75) is 24.9 Å². The fraction of sp³-hybridized carbons (Fsp3) is 0.364. The number of nitrogens with zero attached hydrogens (tertiary/aromatic N) is 2. The lowest BCUT2D eigenvalue weighted by molar-refractivity contribution is -0.00971. The van der Waals surface area contributed by atoms with Gasteiger partial charge in [0.1, 0.15) is 0 Å². The van der Waals surface area contributed by atoms with Crippen molar-refractivity contribution in [3.05, 3.63) is 65.2 Å². The summed E-state index contributed by atoms with van der Waals surface area (Å²) in [6, 6.07) is 16.4. The van der Waals surface area contributed by atoms with Gasteiger partial charge in [0.05, 0.1) is 22.8 Å². The van der Waals surface area contributed by atoms with Gasteiger partial charge in [0, 0.05) is 31.9 Å². The summed E-state index contributed by atoms with van der Waals surface area (Å²) < 4.78 is 0. The molecule has 0 radical (unpaired) electrons. The molecule has 0 amide bonds. The first-order valence-electron chi connectivity index (χ1n) is 9.48. The highest BCUT2D eigenvalue weighted by atomic mass is 35.5. The molecule has 2 aromatic carbocycles. The third-order valence-electron chi connectivity index (χ3n) is 5.34. The number of piperidine rings is 1. The van der Waals surface area contributed by atoms with Gasteiger partial charge in [0.15, 0.2) is 0 Å². The van der Waals surface area contributed by atoms with Crippen molar-refractivity contribution in [3.63, 3.8) is 0 Å². The first-order valence-corrected chi connectivity index (χ1v) is 9.48. The molecule has 0 aromatic heterocycles. The molecule has 2 aromatic rings. The van der Waals surface area contributed by atoms with Gasteiger partial charge in [0.2, 0.25) is 0 Å². The zero-order valence-electron chi connectivity index (χ0n) is 16.2. The normalized spacial score (nSPS) is 15.7. The SMILES string of the molecule is Cl.N#Cc1ccc(CCN2CCC(O)(CNc3ccc(C(=O)O)cc3)CC2)cc1. The van der Waals surface area contributed by atoms with Crippen LogP contribution in [-0.2, 0) is 6.42 Å². The van der Waals surface area contributed by atoms with Crippen LogP contribution in [0.1, 0.15) is 34.3 Å². The molecule has 1 heterocycles. The molecular weight excluding hydrogens is 390 g/mol. The molecular formula is C22H26ClN3O3. The maximum atomic E-state index is 10.9. The van der Waals surface area contributed by atoms with E-state index in [4.69, 9.17) is 10.4 Å². The molecule has 0 atom stereocenters. The maximum Gasteiger partial charge on any atom is 0.335 e. The Morgan fingerprint density at radius 1 is 1.10 bits per heavy atom. The maximum absolute atomic E-state index is 10.9. The number of benzene rings is 2. The van der Waals surface area contributed by atoms with Crippen molar-refractivity contribution in [3.8, 4) is 6.07 Å². The Kier molecular flexibility index (Phi) is 8.03. The van der Waals surface area contributed by atoms with Crippen LogP contribution < -0.4 is 5.32 Å². The van der Waals surface area contributed by atoms with Gasteiger partial charge in [0.25, 0.3) is 0 Å². The van der Waals surface area contributed by atoms with Crippen molar-refractivity contribution >= 4 is 24.1 Å². The van der Waals surface area contributed by atoms with Crippen LogP contribution in [0.2, 0.25) is 0 Å². The smallest absolute Gasteiger partial charge is 0.335 e. The summed E-state index contributed by atoms with van der Waals surface area (Å²) >= 11 is 0. The number of carbonyl (C=O) groups is 1. The molecule has 0 aliphatic carbocycles. The van der Waals surface area contributed by atoms with E-state index in [1.165, 1.54) is 5.56 Å². The number of hydrogen-bond acceptors (Lipinski definition) is 5. The predicted molar refractivity (Wildman–Crippen MR) is 115 cm³/mol. The van der Waals surface area contributed by atoms with E-state index in [-0.39, 0.29) is 18.0 Å². The van der Waals surface area contributed by atoms with Crippen molar-refractivity contribution in [1.82, 2.24) is 4.90 Å². The fourth-order valence-corrected chi connectivity index (χ4v) is 3.40. The minimum absolute atomic E-state index is 0. The molecule has 3 N–H and O–H groups in total. The number of aliphatic hydroxyl groups is 1. The third kappa shape index (κ3) is 6.47. The van der Waals surface area contributed by atoms with Crippen LogP contribution in [0.4, 0.5) is 5.69 Å². The van der Waals surface area contributed by atoms with Crippen molar-refractivity contribution in [2.75, 3.05) is 31.5 Å². The molecule has 154 valence electrons. The average Bonchev–Trinajstić information content (AvgIpc) is 2.73. The summed E-state index contributed by atoms with van der Waals surface area (Å²) in [4.78, 5) is 13.2. The third-order valence-corrected chi connectivity index (χ3v) is 5.34. The molecule has 0 unspecified atom stereocenters. The minimum Gasteiger partial charge on any atom is -0.478 e. The number of carboxylic acids is 1. The van der Waals surface area contributed by atoms with Crippen LogP contribution in [0.15, 0.2) is 48.5 Å². The molecule has 1 fully saturated rings. The van der Waals surface area contributed by atoms with E-state index in [1.807, 2.05) is 24.3 Å². The summed E-state index contributed by atoms with van der Waals surface area (Å²) in [7, 11) is 0. The van der Waals surface area contributed by atoms with Crippen LogP contribution in [0, 0.1) is 11.3 Å². The molecule has 0 saturated carbocycles. The standard InChI is InChI=1S/C22H25N3O3.ClH/c23-15-18-3-1-17(2-4-18)9-12-25-13-10-22(28,11-14-25)16-24-20-7-5-19(6-8-20)21(26)27;/h1-8,24,28H,9-14,16H2,(H,26,27);1H. The average molecular weight is 416 g/mol. The zero-order valence-corrected chi connectivity index (χ0v) is 17.0. The number of nitrogens with one attached hydrogen (secondary N) is 1. The van der Waals surface area contributed by atoms with Gasteiger partial charge in [-0.05, 0) is 61.2 Å². The summed E-state index contributed by atoms with van der Waals surface area (Å²) in [6.45, 7) is 3.06. The highest BCUT2D eigenvalue weighted by molar-refractivity contribution is 5.88. The van der Waals surface area contributed by atoms with Crippen molar-refractivity contribution < 1.29 is 15.0 Å². The van der Waals surface area contributed by atoms with E-state index in [9.17, 15) is 9.90 Å². The Balaban J connectivity index is 0.00000300. The first-order chi connectivity index (χ1) is 13.5. The quantitative estimate of drug-likeness (QED) is 0.642. The number of nitriles is 1. The van der Waals surface area contributed by atoms with Crippen LogP contribution >= 0.6 is 12.4 Å². The second kappa shape index (κ2) is 10.3. The van der Waals surface area contributed by atoms with E-state index in [0.717, 1.165) is 31.7 Å². The van der Waals surface area contributed by atoms with E-state index >= 15 is 0 Å². The molecule has 6 nitrogen and oxygen atoms in total. The molecule has 3 rings (SSSR count). The van der Waals surface area contributed by atoms with Gasteiger partial charge in [-0.1, -0.05) is 12.1 Å². The van der Waals surface area contributed by atoms with Gasteiger partial charge in [-0.2, -0.15) is 5.26 Å². The van der Waals surface area contributed by atoms with Crippen molar-refractivity contribution in [1.29, 1.82) is 5.26 Å². The van der Waals surface area contributed by atoms with E-state index in [1.54, 1.807) is 24.3 Å². The highest BCUT2D eigenvalue weighted by Gasteiger charge is 2.31. The monoisotopic (exact) mass is 415 g/mol. The Morgan fingerprint density at radius 3 is 2.28 bits per heavy atom. The second-order valence-corrected chi connectivity index (χ2v) is 7.36. The molecule has 7 heteroatoms. The summed E-state index contributed by atoms with van der Waals surface area (Å²) in [5.41, 5.74) is 2.20. The number of carboxylic acid groups (broad SMARTS) is 1. The topological polar surface area (TPSA) is 96.6 Å². The largest absolute Gasteiger partial charge is 0.478 e. The van der Waals surface area contributed by atoms with Gasteiger partial charge in [-0.25, -0.2) is 4.79 Å². The second-order valence-electron chi connectivity index (χ2n) is 7.36. The summed E-state index contributed by atoms with van der Waals surface area (Å²) in [6.07, 6.45) is 2.32. The Labute approximate surface area is 177 Å². The first kappa shape index (κ1) is 22.7. The summed E-state index contributed by atoms with van der Waals surface area (Å²) in [5, 5.41) is 31.8. The Hall–Kier alpha value is -2.59. The number of anilines is 1. The number of halogens is 1. The highest BCUT2D eigenvalue weighted by Crippen LogP contribution is 2.23. The van der Waals surface area contributed by atoms with E-state index in [0.29, 0.717) is 24.9 Å². The lowest BCUT2D eigenvalue weighted by Crippen LogP contribution is -2.48. The lowest BCUT2D eigenvalue weighted by atomic mass is 9.91. The summed E-state index contributed by atoms with van der Waals surface area (Å²) in [5.74, 6) is -0.946. The van der Waals surface area contributed by atoms with Crippen LogP contribution in [0.3, 0.4) is 0 Å². The van der Waals surface area contributed by atoms with Crippen LogP contribution in [-0.4, -0.2) is 52.9 Å². The number of hydrogen-bond donors (Lipinski definition) is 3. The van der Waals surface area contributed by atoms with Crippen LogP contribution in [0.25, 0.3) is 0 Å². The fourth-order valence-electron chi connectivity index (χ4n) is 3.40. The predicted octanol–water partition coefficient (Wildman–Crippen LogP) is 3.16. The van der Waals surface area contributed by atoms with Crippen LogP contribution in [0.5, 0.6) is 0 Å². The minimum atomic E-state index is -0.946. The zero-order chi connectivity index (χ0) is 20.0. The molecule has 0 bridgehead atoms. The van der Waals surface area contributed by atoms with Crippen molar-refractivity contribution in [2.24, 2.45) is 0 Å².